The van der Waals surface area contributed by atoms with E-state index in [1.807, 2.05) is 0 Å². The number of carbonyl (C=O) groups excluding carboxylic acids is 1. The van der Waals surface area contributed by atoms with Crippen molar-refractivity contribution in [3.8, 4) is 0 Å². The van der Waals surface area contributed by atoms with Gasteiger partial charge >= 0.3 is 0 Å². The van der Waals surface area contributed by atoms with Crippen molar-refractivity contribution in [1.82, 2.24) is 5.32 Å². The summed E-state index contributed by atoms with van der Waals surface area (Å²) in [5.41, 5.74) is 5.97. The number of nitrogens with one attached hydrogen (secondary N) is 1. The quantitative estimate of drug-likeness (QED) is 0.801. The van der Waals surface area contributed by atoms with Crippen LogP contribution in [0.15, 0.2) is 0 Å². The molecule has 3 heteroatoms. The summed E-state index contributed by atoms with van der Waals surface area (Å²) in [5, 5.41) is 3.27. The molecule has 3 N–H and O–H groups in total. The Morgan fingerprint density at radius 2 is 2.05 bits per heavy atom. The number of unbranched alkanes of at least 4 members (excludes halogenated alkanes) is 1. The van der Waals surface area contributed by atoms with Gasteiger partial charge in [-0.05, 0) is 55.8 Å². The molecule has 108 valence electrons. The summed E-state index contributed by atoms with van der Waals surface area (Å²) in [6.45, 7) is 2.14. The van der Waals surface area contributed by atoms with Gasteiger partial charge in [-0.25, -0.2) is 0 Å². The van der Waals surface area contributed by atoms with Crippen LogP contribution in [0.4, 0.5) is 0 Å². The Bertz CT molecular complexity index is 344. The van der Waals surface area contributed by atoms with Gasteiger partial charge in [0.15, 0.2) is 0 Å². The average Bonchev–Trinajstić information content (AvgIpc) is 3.06. The highest BCUT2D eigenvalue weighted by molar-refractivity contribution is 5.81. The molecule has 3 rings (SSSR count). The smallest absolute Gasteiger partial charge is 0.237 e. The van der Waals surface area contributed by atoms with Gasteiger partial charge in [-0.2, -0.15) is 0 Å². The Kier molecular flexibility index (Phi) is 3.84. The van der Waals surface area contributed by atoms with Crippen LogP contribution in [0.1, 0.15) is 58.3 Å². The lowest BCUT2D eigenvalue weighted by Crippen LogP contribution is -2.48. The van der Waals surface area contributed by atoms with E-state index in [1.165, 1.54) is 32.1 Å². The number of hydrogen-bond donors (Lipinski definition) is 2. The number of hydrogen-bond acceptors (Lipinski definition) is 2. The fraction of sp³-hybridized carbons (Fsp3) is 0.938. The summed E-state index contributed by atoms with van der Waals surface area (Å²) in [6, 6.07) is 0.142. The predicted octanol–water partition coefficient (Wildman–Crippen LogP) is 2.44. The van der Waals surface area contributed by atoms with E-state index in [4.69, 9.17) is 5.73 Å². The SMILES string of the molecule is CCCCC(N)C(=O)NC1CC2CC1C1CCCC21. The van der Waals surface area contributed by atoms with Gasteiger partial charge in [0.2, 0.25) is 5.91 Å². The van der Waals surface area contributed by atoms with Gasteiger partial charge in [-0.3, -0.25) is 4.79 Å². The Hall–Kier alpha value is -0.570. The number of carbonyl (C=O) groups is 1. The Morgan fingerprint density at radius 3 is 2.84 bits per heavy atom. The third-order valence-electron chi connectivity index (χ3n) is 5.96. The molecule has 3 aliphatic carbocycles. The second-order valence-corrected chi connectivity index (χ2v) is 7.02. The molecule has 6 atom stereocenters. The van der Waals surface area contributed by atoms with Crippen molar-refractivity contribution in [3.05, 3.63) is 0 Å². The first-order chi connectivity index (χ1) is 9.20. The van der Waals surface area contributed by atoms with E-state index in [1.54, 1.807) is 0 Å². The highest BCUT2D eigenvalue weighted by atomic mass is 16.2. The van der Waals surface area contributed by atoms with E-state index in [2.05, 4.69) is 12.2 Å². The number of amides is 1. The molecule has 1 amide bonds. The fourth-order valence-corrected chi connectivity index (χ4v) is 5.08. The maximum Gasteiger partial charge on any atom is 0.237 e. The number of nitrogens with two attached hydrogens (primary N) is 1. The van der Waals surface area contributed by atoms with Gasteiger partial charge in [0.05, 0.1) is 6.04 Å². The topological polar surface area (TPSA) is 55.1 Å². The average molecular weight is 264 g/mol. The van der Waals surface area contributed by atoms with Gasteiger partial charge in [0.1, 0.15) is 0 Å². The molecule has 0 aromatic rings. The fourth-order valence-electron chi connectivity index (χ4n) is 5.08. The predicted molar refractivity (Wildman–Crippen MR) is 76.5 cm³/mol. The van der Waals surface area contributed by atoms with Crippen molar-refractivity contribution < 1.29 is 4.79 Å². The molecule has 6 unspecified atom stereocenters. The van der Waals surface area contributed by atoms with E-state index in [-0.39, 0.29) is 11.9 Å². The minimum atomic E-state index is -0.293. The minimum Gasteiger partial charge on any atom is -0.352 e. The largest absolute Gasteiger partial charge is 0.352 e. The Balaban J connectivity index is 1.53. The van der Waals surface area contributed by atoms with Gasteiger partial charge in [0.25, 0.3) is 0 Å². The van der Waals surface area contributed by atoms with Crippen LogP contribution in [0.2, 0.25) is 0 Å². The third-order valence-corrected chi connectivity index (χ3v) is 5.96. The summed E-state index contributed by atoms with van der Waals surface area (Å²) in [5.74, 6) is 3.66. The molecule has 0 aromatic heterocycles. The molecule has 3 fully saturated rings. The first-order valence-corrected chi connectivity index (χ1v) is 8.26. The summed E-state index contributed by atoms with van der Waals surface area (Å²) >= 11 is 0. The lowest BCUT2D eigenvalue weighted by atomic mass is 9.79. The third kappa shape index (κ3) is 2.42. The van der Waals surface area contributed by atoms with E-state index in [0.29, 0.717) is 6.04 Å². The van der Waals surface area contributed by atoms with Gasteiger partial charge in [0, 0.05) is 6.04 Å². The van der Waals surface area contributed by atoms with Crippen LogP contribution >= 0.6 is 0 Å². The Morgan fingerprint density at radius 1 is 1.26 bits per heavy atom. The van der Waals surface area contributed by atoms with Gasteiger partial charge in [-0.15, -0.1) is 0 Å². The standard InChI is InChI=1S/C16H28N2O/c1-2-3-7-14(17)16(19)18-15-9-10-8-13(15)12-6-4-5-11(10)12/h10-15H,2-9,17H2,1H3,(H,18,19). The molecular weight excluding hydrogens is 236 g/mol. The monoisotopic (exact) mass is 264 g/mol. The van der Waals surface area contributed by atoms with Crippen molar-refractivity contribution in [2.75, 3.05) is 0 Å². The molecule has 19 heavy (non-hydrogen) atoms. The van der Waals surface area contributed by atoms with E-state index >= 15 is 0 Å². The van der Waals surface area contributed by atoms with E-state index < -0.39 is 0 Å². The number of fused-ring (bicyclic) bond motifs is 5. The van der Waals surface area contributed by atoms with E-state index in [0.717, 1.165) is 42.9 Å². The van der Waals surface area contributed by atoms with Crippen LogP contribution in [-0.2, 0) is 4.79 Å². The van der Waals surface area contributed by atoms with Crippen LogP contribution in [0.3, 0.4) is 0 Å². The van der Waals surface area contributed by atoms with Crippen molar-refractivity contribution in [3.63, 3.8) is 0 Å². The second kappa shape index (κ2) is 5.43. The highest BCUT2D eigenvalue weighted by Gasteiger charge is 2.54. The number of rotatable bonds is 5. The molecule has 0 radical (unpaired) electrons. The molecule has 3 aliphatic rings. The highest BCUT2D eigenvalue weighted by Crippen LogP contribution is 2.58. The lowest BCUT2D eigenvalue weighted by Gasteiger charge is -2.32. The van der Waals surface area contributed by atoms with Gasteiger partial charge in [-0.1, -0.05) is 26.2 Å². The first kappa shape index (κ1) is 13.4. The molecule has 2 bridgehead atoms. The van der Waals surface area contributed by atoms with Crippen LogP contribution in [-0.4, -0.2) is 18.0 Å². The zero-order valence-electron chi connectivity index (χ0n) is 12.1. The zero-order chi connectivity index (χ0) is 13.4. The second-order valence-electron chi connectivity index (χ2n) is 7.02. The molecule has 0 heterocycles. The minimum absolute atomic E-state index is 0.0977. The summed E-state index contributed by atoms with van der Waals surface area (Å²) < 4.78 is 0. The molecule has 0 saturated heterocycles. The van der Waals surface area contributed by atoms with Crippen LogP contribution in [0.25, 0.3) is 0 Å². The molecular formula is C16H28N2O. The molecule has 3 saturated carbocycles. The van der Waals surface area contributed by atoms with Crippen LogP contribution < -0.4 is 11.1 Å². The maximum atomic E-state index is 12.1. The van der Waals surface area contributed by atoms with Crippen molar-refractivity contribution in [1.29, 1.82) is 0 Å². The zero-order valence-corrected chi connectivity index (χ0v) is 12.1. The molecule has 0 aromatic carbocycles. The van der Waals surface area contributed by atoms with Crippen molar-refractivity contribution >= 4 is 5.91 Å². The normalized spacial score (nSPS) is 41.3. The van der Waals surface area contributed by atoms with E-state index in [9.17, 15) is 4.79 Å². The van der Waals surface area contributed by atoms with Crippen molar-refractivity contribution in [2.24, 2.45) is 29.4 Å². The van der Waals surface area contributed by atoms with Crippen LogP contribution in [0, 0.1) is 23.7 Å². The lowest BCUT2D eigenvalue weighted by molar-refractivity contribution is -0.123. The van der Waals surface area contributed by atoms with Crippen molar-refractivity contribution in [2.45, 2.75) is 70.4 Å². The van der Waals surface area contributed by atoms with Gasteiger partial charge < -0.3 is 11.1 Å². The first-order valence-electron chi connectivity index (χ1n) is 8.26. The summed E-state index contributed by atoms with van der Waals surface area (Å²) in [4.78, 5) is 12.1. The summed E-state index contributed by atoms with van der Waals surface area (Å²) in [6.07, 6.45) is 9.84. The molecule has 0 spiro atoms. The molecule has 3 nitrogen and oxygen atoms in total. The molecule has 0 aliphatic heterocycles. The summed E-state index contributed by atoms with van der Waals surface area (Å²) in [7, 11) is 0. The maximum absolute atomic E-state index is 12.1. The Labute approximate surface area is 116 Å². The van der Waals surface area contributed by atoms with Crippen LogP contribution in [0.5, 0.6) is 0 Å².